The second-order valence-electron chi connectivity index (χ2n) is 9.15. The Morgan fingerprint density at radius 1 is 0.969 bits per heavy atom. The summed E-state index contributed by atoms with van der Waals surface area (Å²) in [6.45, 7) is 0. The summed E-state index contributed by atoms with van der Waals surface area (Å²) in [5, 5.41) is 9.32. The zero-order valence-corrected chi connectivity index (χ0v) is 18.7. The summed E-state index contributed by atoms with van der Waals surface area (Å²) >= 11 is 0. The van der Waals surface area contributed by atoms with Gasteiger partial charge in [0.25, 0.3) is 5.56 Å². The highest BCUT2D eigenvalue weighted by Crippen LogP contribution is 2.39. The van der Waals surface area contributed by atoms with Crippen LogP contribution in [0.2, 0.25) is 0 Å². The number of hydrogen-bond donors (Lipinski definition) is 0. The van der Waals surface area contributed by atoms with Crippen LogP contribution in [0, 0.1) is 11.3 Å². The second kappa shape index (κ2) is 8.31. The van der Waals surface area contributed by atoms with Gasteiger partial charge in [-0.05, 0) is 62.8 Å². The lowest BCUT2D eigenvalue weighted by atomic mass is 9.88. The summed E-state index contributed by atoms with van der Waals surface area (Å²) in [6.07, 6.45) is 7.01. The molecule has 32 heavy (non-hydrogen) atoms. The lowest BCUT2D eigenvalue weighted by Crippen LogP contribution is -2.44. The number of benzene rings is 1. The molecule has 0 bridgehead atoms. The van der Waals surface area contributed by atoms with Crippen LogP contribution in [-0.2, 0) is 7.05 Å². The number of hydrogen-bond acceptors (Lipinski definition) is 5. The standard InChI is InChI=1S/C26H29N5O/c1-29(24-16-25(32)30(2)23-15-8-18(17-27)28-26(23)24)19-9-11-21(12-10-19)31(22-13-14-22)20-6-4-3-5-7-20/h3-8,15-16,19,21-22H,9-14H2,1-2H3. The Morgan fingerprint density at radius 2 is 1.59 bits per heavy atom. The molecule has 6 heteroatoms. The van der Waals surface area contributed by atoms with E-state index >= 15 is 0 Å². The summed E-state index contributed by atoms with van der Waals surface area (Å²) in [4.78, 5) is 22.0. The summed E-state index contributed by atoms with van der Waals surface area (Å²) in [5.74, 6) is 0. The Bertz CT molecular complexity index is 1220. The van der Waals surface area contributed by atoms with Crippen LogP contribution in [0.3, 0.4) is 0 Å². The van der Waals surface area contributed by atoms with Crippen LogP contribution >= 0.6 is 0 Å². The molecule has 0 amide bonds. The van der Waals surface area contributed by atoms with Gasteiger partial charge in [0.1, 0.15) is 17.3 Å². The SMILES string of the molecule is CN(c1cc(=O)n(C)c2ccc(C#N)nc12)C1CCC(N(c2ccccc2)C2CC2)CC1. The Balaban J connectivity index is 1.38. The smallest absolute Gasteiger partial charge is 0.252 e. The molecule has 0 N–H and O–H groups in total. The molecule has 6 nitrogen and oxygen atoms in total. The average molecular weight is 428 g/mol. The van der Waals surface area contributed by atoms with Crippen molar-refractivity contribution in [1.29, 1.82) is 5.26 Å². The van der Waals surface area contributed by atoms with Crippen LogP contribution in [0.5, 0.6) is 0 Å². The monoisotopic (exact) mass is 427 g/mol. The van der Waals surface area contributed by atoms with Crippen LogP contribution in [0.15, 0.2) is 53.3 Å². The Labute approximate surface area is 188 Å². The topological polar surface area (TPSA) is 65.2 Å². The summed E-state index contributed by atoms with van der Waals surface area (Å²) in [7, 11) is 3.82. The fraction of sp³-hybridized carbons (Fsp3) is 0.423. The van der Waals surface area contributed by atoms with E-state index in [1.54, 1.807) is 23.7 Å². The van der Waals surface area contributed by atoms with E-state index in [1.807, 2.05) is 6.07 Å². The van der Waals surface area contributed by atoms with Gasteiger partial charge in [-0.25, -0.2) is 4.98 Å². The minimum absolute atomic E-state index is 0.0523. The van der Waals surface area contributed by atoms with E-state index in [0.717, 1.165) is 42.4 Å². The number of fused-ring (bicyclic) bond motifs is 1. The first-order chi connectivity index (χ1) is 15.6. The van der Waals surface area contributed by atoms with Gasteiger partial charge < -0.3 is 14.4 Å². The third kappa shape index (κ3) is 3.73. The average Bonchev–Trinajstić information content (AvgIpc) is 3.67. The van der Waals surface area contributed by atoms with E-state index in [0.29, 0.717) is 23.8 Å². The zero-order valence-electron chi connectivity index (χ0n) is 18.7. The van der Waals surface area contributed by atoms with Gasteiger partial charge in [-0.3, -0.25) is 4.79 Å². The molecular formula is C26H29N5O. The maximum atomic E-state index is 12.6. The molecule has 0 spiro atoms. The summed E-state index contributed by atoms with van der Waals surface area (Å²) in [5.41, 5.74) is 3.97. The van der Waals surface area contributed by atoms with Crippen molar-refractivity contribution in [1.82, 2.24) is 9.55 Å². The third-order valence-electron chi connectivity index (χ3n) is 7.17. The molecule has 0 unspecified atom stereocenters. The van der Waals surface area contributed by atoms with Gasteiger partial charge in [0.2, 0.25) is 0 Å². The number of para-hydroxylation sites is 1. The number of aromatic nitrogens is 2. The minimum Gasteiger partial charge on any atom is -0.370 e. The molecule has 2 fully saturated rings. The van der Waals surface area contributed by atoms with E-state index in [4.69, 9.17) is 0 Å². The van der Waals surface area contributed by atoms with Crippen molar-refractivity contribution in [3.63, 3.8) is 0 Å². The molecule has 2 aliphatic carbocycles. The van der Waals surface area contributed by atoms with Gasteiger partial charge in [0.15, 0.2) is 0 Å². The second-order valence-corrected chi connectivity index (χ2v) is 9.15. The maximum absolute atomic E-state index is 12.6. The molecule has 2 heterocycles. The van der Waals surface area contributed by atoms with Crippen LogP contribution in [-0.4, -0.2) is 34.7 Å². The molecule has 0 aliphatic heterocycles. The van der Waals surface area contributed by atoms with Crippen LogP contribution in [0.4, 0.5) is 11.4 Å². The van der Waals surface area contributed by atoms with Crippen LogP contribution < -0.4 is 15.4 Å². The lowest BCUT2D eigenvalue weighted by Gasteiger charge is -2.41. The molecule has 2 saturated carbocycles. The van der Waals surface area contributed by atoms with Gasteiger partial charge >= 0.3 is 0 Å². The van der Waals surface area contributed by atoms with Gasteiger partial charge in [0, 0.05) is 44.0 Å². The first-order valence-electron chi connectivity index (χ1n) is 11.5. The highest BCUT2D eigenvalue weighted by Gasteiger charge is 2.36. The normalized spacial score (nSPS) is 20.7. The number of pyridine rings is 2. The third-order valence-corrected chi connectivity index (χ3v) is 7.17. The number of rotatable bonds is 5. The van der Waals surface area contributed by atoms with Crippen molar-refractivity contribution >= 4 is 22.4 Å². The molecule has 0 atom stereocenters. The lowest BCUT2D eigenvalue weighted by molar-refractivity contribution is 0.366. The number of aryl methyl sites for hydroxylation is 1. The van der Waals surface area contributed by atoms with Crippen molar-refractivity contribution in [3.05, 3.63) is 64.6 Å². The van der Waals surface area contributed by atoms with E-state index in [9.17, 15) is 10.1 Å². The molecular weight excluding hydrogens is 398 g/mol. The van der Waals surface area contributed by atoms with E-state index < -0.39 is 0 Å². The van der Waals surface area contributed by atoms with Crippen molar-refractivity contribution < 1.29 is 0 Å². The number of nitrogens with zero attached hydrogens (tertiary/aromatic N) is 5. The van der Waals surface area contributed by atoms with Gasteiger partial charge in [-0.2, -0.15) is 5.26 Å². The number of anilines is 2. The predicted octanol–water partition coefficient (Wildman–Crippen LogP) is 4.22. The van der Waals surface area contributed by atoms with Crippen molar-refractivity contribution in [2.75, 3.05) is 16.8 Å². The highest BCUT2D eigenvalue weighted by molar-refractivity contribution is 5.88. The summed E-state index contributed by atoms with van der Waals surface area (Å²) in [6, 6.07) is 19.7. The Morgan fingerprint density at radius 3 is 2.22 bits per heavy atom. The fourth-order valence-corrected chi connectivity index (χ4v) is 5.24. The van der Waals surface area contributed by atoms with E-state index in [1.165, 1.54) is 18.5 Å². The predicted molar refractivity (Wildman–Crippen MR) is 128 cm³/mol. The van der Waals surface area contributed by atoms with Gasteiger partial charge in [-0.15, -0.1) is 0 Å². The maximum Gasteiger partial charge on any atom is 0.252 e. The van der Waals surface area contributed by atoms with Crippen LogP contribution in [0.25, 0.3) is 11.0 Å². The van der Waals surface area contributed by atoms with Gasteiger partial charge in [-0.1, -0.05) is 18.2 Å². The van der Waals surface area contributed by atoms with Crippen molar-refractivity contribution in [2.24, 2.45) is 7.05 Å². The van der Waals surface area contributed by atoms with E-state index in [2.05, 4.69) is 58.2 Å². The molecule has 3 aromatic rings. The Kier molecular flexibility index (Phi) is 5.34. The molecule has 164 valence electrons. The largest absolute Gasteiger partial charge is 0.370 e. The van der Waals surface area contributed by atoms with Crippen LogP contribution in [0.1, 0.15) is 44.2 Å². The molecule has 1 aromatic carbocycles. The van der Waals surface area contributed by atoms with E-state index in [-0.39, 0.29) is 5.56 Å². The molecule has 2 aliphatic rings. The molecule has 0 saturated heterocycles. The minimum atomic E-state index is -0.0523. The summed E-state index contributed by atoms with van der Waals surface area (Å²) < 4.78 is 1.60. The van der Waals surface area contributed by atoms with Gasteiger partial charge in [0.05, 0.1) is 11.2 Å². The Hall–Kier alpha value is -3.33. The quantitative estimate of drug-likeness (QED) is 0.610. The first-order valence-corrected chi connectivity index (χ1v) is 11.5. The molecule has 2 aromatic heterocycles. The highest BCUT2D eigenvalue weighted by atomic mass is 16.1. The molecule has 5 rings (SSSR count). The van der Waals surface area contributed by atoms with Crippen molar-refractivity contribution in [3.8, 4) is 6.07 Å². The number of nitriles is 1. The fourth-order valence-electron chi connectivity index (χ4n) is 5.24. The zero-order chi connectivity index (χ0) is 22.2. The molecule has 0 radical (unpaired) electrons. The first kappa shape index (κ1) is 20.6. The van der Waals surface area contributed by atoms with Crippen molar-refractivity contribution in [2.45, 2.75) is 56.7 Å².